The summed E-state index contributed by atoms with van der Waals surface area (Å²) in [6, 6.07) is 26.9. The molecule has 0 unspecified atom stereocenters. The van der Waals surface area contributed by atoms with Crippen LogP contribution < -0.4 is 26.6 Å². The number of anilines is 8. The van der Waals surface area contributed by atoms with E-state index < -0.39 is 30.0 Å². The first-order valence-electron chi connectivity index (χ1n) is 16.0. The molecule has 2 aromatic heterocycles. The number of hydrogen-bond donors (Lipinski definition) is 7. The Morgan fingerprint density at radius 1 is 0.519 bits per heavy atom. The third-order valence-electron chi connectivity index (χ3n) is 7.53. The minimum absolute atomic E-state index is 0.0228. The molecule has 0 saturated heterocycles. The van der Waals surface area contributed by atoms with Crippen LogP contribution in [0.25, 0.3) is 12.2 Å². The zero-order valence-electron chi connectivity index (χ0n) is 28.6. The lowest BCUT2D eigenvalue weighted by Gasteiger charge is -2.12. The van der Waals surface area contributed by atoms with Gasteiger partial charge in [0.1, 0.15) is 15.6 Å². The number of hydrogen-bond acceptors (Lipinski definition) is 15. The van der Waals surface area contributed by atoms with Crippen molar-refractivity contribution in [2.45, 2.75) is 16.2 Å². The summed E-state index contributed by atoms with van der Waals surface area (Å²) in [5, 5.41) is 14.8. The number of nitrogens with zero attached hydrogens (tertiary/aromatic N) is 6. The van der Waals surface area contributed by atoms with Crippen molar-refractivity contribution in [3.05, 3.63) is 120 Å². The lowest BCUT2D eigenvalue weighted by atomic mass is 10.1. The highest BCUT2D eigenvalue weighted by atomic mass is 32.2. The second-order valence-corrected chi connectivity index (χ2v) is 14.2. The Labute approximate surface area is 310 Å². The van der Waals surface area contributed by atoms with E-state index in [1.165, 1.54) is 42.5 Å². The van der Waals surface area contributed by atoms with Crippen LogP contribution >= 0.6 is 0 Å². The monoisotopic (exact) mass is 767 g/mol. The van der Waals surface area contributed by atoms with Gasteiger partial charge in [0.05, 0.1) is 0 Å². The number of nitrogens with one attached hydrogen (secondary N) is 5. The molecule has 276 valence electrons. The summed E-state index contributed by atoms with van der Waals surface area (Å²) in [5.74, 6) is 1.36. The SMILES string of the molecule is CNc1nc(Cc2ccc(/C=C/c3ccc(Nc4nc(NC)nc(Nc5ccccc5)n4)cc3S(=O)(=O)O)c(S(=O)(=O)O)c2)nc(Nc2ccccc2)n1. The predicted molar refractivity (Wildman–Crippen MR) is 206 cm³/mol. The standard InChI is InChI=1S/C35H33N11O6S2/c1-36-31-41-30(42-33(43-31)38-25-9-5-3-6-10-25)20-22-13-14-23(28(19-22)53(47,48)49)15-16-24-17-18-27(21-29(24)54(50,51)52)40-35-45-32(37-2)44-34(46-35)39-26-11-7-4-8-12-26/h3-19,21H,20H2,1-2H3,(H,47,48,49)(H,50,51,52)(H2,36,38,41,42,43)(H3,37,39,40,44,45,46)/b16-15+. The summed E-state index contributed by atoms with van der Waals surface area (Å²) in [4.78, 5) is 25.1. The number of aromatic nitrogens is 6. The molecule has 0 aliphatic heterocycles. The van der Waals surface area contributed by atoms with Crippen LogP contribution in [0.5, 0.6) is 0 Å². The number of para-hydroxylation sites is 2. The molecule has 6 rings (SSSR count). The highest BCUT2D eigenvalue weighted by Crippen LogP contribution is 2.27. The maximum absolute atomic E-state index is 12.5. The fourth-order valence-electron chi connectivity index (χ4n) is 5.08. The average molecular weight is 768 g/mol. The largest absolute Gasteiger partial charge is 0.357 e. The van der Waals surface area contributed by atoms with Crippen LogP contribution in [0.15, 0.2) is 107 Å². The van der Waals surface area contributed by atoms with Gasteiger partial charge in [-0.05, 0) is 59.2 Å². The Morgan fingerprint density at radius 3 is 1.46 bits per heavy atom. The van der Waals surface area contributed by atoms with Gasteiger partial charge < -0.3 is 26.6 Å². The molecule has 0 saturated carbocycles. The summed E-state index contributed by atoms with van der Waals surface area (Å²) in [6.07, 6.45) is 2.68. The van der Waals surface area contributed by atoms with Crippen LogP contribution in [0.4, 0.5) is 46.8 Å². The van der Waals surface area contributed by atoms with Gasteiger partial charge in [-0.1, -0.05) is 66.7 Å². The third kappa shape index (κ3) is 9.66. The molecule has 0 aliphatic rings. The van der Waals surface area contributed by atoms with Gasteiger partial charge in [-0.2, -0.15) is 46.7 Å². The first-order chi connectivity index (χ1) is 25.9. The van der Waals surface area contributed by atoms with E-state index in [-0.39, 0.29) is 53.0 Å². The van der Waals surface area contributed by atoms with Crippen molar-refractivity contribution in [1.82, 2.24) is 29.9 Å². The normalized spacial score (nSPS) is 11.6. The van der Waals surface area contributed by atoms with E-state index in [0.29, 0.717) is 11.4 Å². The van der Waals surface area contributed by atoms with Gasteiger partial charge in [0.2, 0.25) is 29.7 Å². The van der Waals surface area contributed by atoms with Crippen molar-refractivity contribution in [3.63, 3.8) is 0 Å². The molecule has 0 amide bonds. The van der Waals surface area contributed by atoms with E-state index in [4.69, 9.17) is 0 Å². The zero-order valence-corrected chi connectivity index (χ0v) is 30.3. The van der Waals surface area contributed by atoms with Crippen molar-refractivity contribution < 1.29 is 25.9 Å². The first-order valence-corrected chi connectivity index (χ1v) is 18.9. The molecule has 0 spiro atoms. The van der Waals surface area contributed by atoms with Gasteiger partial charge in [-0.25, -0.2) is 0 Å². The van der Waals surface area contributed by atoms with Crippen molar-refractivity contribution in [3.8, 4) is 0 Å². The summed E-state index contributed by atoms with van der Waals surface area (Å²) >= 11 is 0. The zero-order chi connectivity index (χ0) is 38.3. The lowest BCUT2D eigenvalue weighted by molar-refractivity contribution is 0.480. The van der Waals surface area contributed by atoms with Gasteiger partial charge in [-0.3, -0.25) is 9.11 Å². The van der Waals surface area contributed by atoms with Crippen molar-refractivity contribution in [1.29, 1.82) is 0 Å². The molecule has 0 fully saturated rings. The Kier molecular flexibility index (Phi) is 11.0. The van der Waals surface area contributed by atoms with Gasteiger partial charge in [0.15, 0.2) is 0 Å². The number of rotatable bonds is 14. The molecule has 0 atom stereocenters. The summed E-state index contributed by atoms with van der Waals surface area (Å²) < 4.78 is 70.4. The predicted octanol–water partition coefficient (Wildman–Crippen LogP) is 5.63. The highest BCUT2D eigenvalue weighted by molar-refractivity contribution is 7.86. The quantitative estimate of drug-likeness (QED) is 0.0524. The van der Waals surface area contributed by atoms with Crippen LogP contribution in [0.2, 0.25) is 0 Å². The molecular formula is C35H33N11O6S2. The highest BCUT2D eigenvalue weighted by Gasteiger charge is 2.19. The topological polar surface area (TPSA) is 246 Å². The van der Waals surface area contributed by atoms with Crippen LogP contribution in [-0.2, 0) is 26.7 Å². The van der Waals surface area contributed by atoms with Gasteiger partial charge in [-0.15, -0.1) is 0 Å². The molecule has 54 heavy (non-hydrogen) atoms. The Morgan fingerprint density at radius 2 is 0.944 bits per heavy atom. The minimum atomic E-state index is -4.79. The average Bonchev–Trinajstić information content (AvgIpc) is 3.14. The second-order valence-electron chi connectivity index (χ2n) is 11.4. The van der Waals surface area contributed by atoms with Crippen LogP contribution in [-0.4, -0.2) is 69.9 Å². The fraction of sp³-hybridized carbons (Fsp3) is 0.0857. The molecule has 17 nitrogen and oxygen atoms in total. The molecule has 0 bridgehead atoms. The van der Waals surface area contributed by atoms with Crippen molar-refractivity contribution in [2.24, 2.45) is 0 Å². The Bertz CT molecular complexity index is 2370. The number of benzene rings is 4. The molecular weight excluding hydrogens is 735 g/mol. The fourth-order valence-corrected chi connectivity index (χ4v) is 6.53. The molecule has 2 heterocycles. The maximum atomic E-state index is 12.5. The molecule has 4 aromatic carbocycles. The van der Waals surface area contributed by atoms with E-state index >= 15 is 0 Å². The lowest BCUT2D eigenvalue weighted by Crippen LogP contribution is -2.08. The third-order valence-corrected chi connectivity index (χ3v) is 9.35. The van der Waals surface area contributed by atoms with Crippen molar-refractivity contribution >= 4 is 79.2 Å². The van der Waals surface area contributed by atoms with Gasteiger partial charge in [0, 0.05) is 37.6 Å². The van der Waals surface area contributed by atoms with E-state index in [1.54, 1.807) is 20.2 Å². The van der Waals surface area contributed by atoms with E-state index in [1.807, 2.05) is 60.7 Å². The molecule has 6 aromatic rings. The van der Waals surface area contributed by atoms with Gasteiger partial charge >= 0.3 is 0 Å². The Balaban J connectivity index is 1.26. The summed E-state index contributed by atoms with van der Waals surface area (Å²) in [6.45, 7) is 0. The molecule has 19 heteroatoms. The van der Waals surface area contributed by atoms with Crippen LogP contribution in [0.3, 0.4) is 0 Å². The van der Waals surface area contributed by atoms with Crippen LogP contribution in [0.1, 0.15) is 22.5 Å². The Hall–Kier alpha value is -6.54. The molecule has 0 aliphatic carbocycles. The summed E-state index contributed by atoms with van der Waals surface area (Å²) in [5.41, 5.74) is 2.21. The van der Waals surface area contributed by atoms with Gasteiger partial charge in [0.25, 0.3) is 20.2 Å². The first kappa shape index (κ1) is 37.2. The summed E-state index contributed by atoms with van der Waals surface area (Å²) in [7, 11) is -6.28. The van der Waals surface area contributed by atoms with E-state index in [9.17, 15) is 25.9 Å². The van der Waals surface area contributed by atoms with E-state index in [2.05, 4.69) is 56.5 Å². The molecule has 0 radical (unpaired) electrons. The van der Waals surface area contributed by atoms with E-state index in [0.717, 1.165) is 11.4 Å². The minimum Gasteiger partial charge on any atom is -0.357 e. The smallest absolute Gasteiger partial charge is 0.295 e. The maximum Gasteiger partial charge on any atom is 0.295 e. The van der Waals surface area contributed by atoms with Crippen molar-refractivity contribution in [2.75, 3.05) is 40.7 Å². The van der Waals surface area contributed by atoms with Crippen LogP contribution in [0, 0.1) is 0 Å². The second kappa shape index (κ2) is 16.0. The molecule has 7 N–H and O–H groups in total.